The van der Waals surface area contributed by atoms with Crippen molar-refractivity contribution in [3.05, 3.63) is 0 Å². The molecule has 6 nitrogen and oxygen atoms in total. The van der Waals surface area contributed by atoms with Gasteiger partial charge in [0.2, 0.25) is 5.91 Å². The lowest BCUT2D eigenvalue weighted by molar-refractivity contribution is -0.141. The van der Waals surface area contributed by atoms with Gasteiger partial charge in [-0.25, -0.2) is 4.79 Å². The predicted octanol–water partition coefficient (Wildman–Crippen LogP) is 0.736. The van der Waals surface area contributed by atoms with Gasteiger partial charge in [0, 0.05) is 18.8 Å². The minimum Gasteiger partial charge on any atom is -0.468 e. The number of nitrogens with zero attached hydrogens (tertiary/aromatic N) is 1. The number of esters is 1. The van der Waals surface area contributed by atoms with Crippen molar-refractivity contribution in [2.45, 2.75) is 19.8 Å². The third kappa shape index (κ3) is 6.78. The summed E-state index contributed by atoms with van der Waals surface area (Å²) in [6.45, 7) is 2.05. The van der Waals surface area contributed by atoms with Crippen molar-refractivity contribution < 1.29 is 19.1 Å². The Morgan fingerprint density at radius 3 is 2.47 bits per heavy atom. The number of alkyl halides is 1. The first-order chi connectivity index (χ1) is 8.04. The summed E-state index contributed by atoms with van der Waals surface area (Å²) in [5.74, 6) is -0.849. The van der Waals surface area contributed by atoms with Gasteiger partial charge >= 0.3 is 12.0 Å². The fourth-order valence-corrected chi connectivity index (χ4v) is 1.26. The first-order valence-corrected chi connectivity index (χ1v) is 5.80. The number of rotatable bonds is 6. The van der Waals surface area contributed by atoms with Gasteiger partial charge in [-0.3, -0.25) is 14.9 Å². The minimum absolute atomic E-state index is 0.0610. The monoisotopic (exact) mass is 264 g/mol. The number of carbonyl (C=O) groups is 3. The Kier molecular flexibility index (Phi) is 8.13. The van der Waals surface area contributed by atoms with Crippen LogP contribution in [0.15, 0.2) is 0 Å². The molecule has 0 aliphatic rings. The van der Waals surface area contributed by atoms with Crippen LogP contribution in [0.4, 0.5) is 4.79 Å². The van der Waals surface area contributed by atoms with E-state index >= 15 is 0 Å². The van der Waals surface area contributed by atoms with Crippen LogP contribution in [-0.4, -0.2) is 48.9 Å². The van der Waals surface area contributed by atoms with Gasteiger partial charge in [0.05, 0.1) is 7.11 Å². The van der Waals surface area contributed by atoms with Crippen LogP contribution in [0, 0.1) is 0 Å². The number of urea groups is 1. The fraction of sp³-hybridized carbons (Fsp3) is 0.700. The highest BCUT2D eigenvalue weighted by atomic mass is 35.5. The van der Waals surface area contributed by atoms with E-state index in [0.29, 0.717) is 13.0 Å². The normalized spacial score (nSPS) is 9.59. The van der Waals surface area contributed by atoms with Gasteiger partial charge < -0.3 is 9.64 Å². The molecule has 0 aliphatic carbocycles. The molecule has 0 fully saturated rings. The van der Waals surface area contributed by atoms with Crippen molar-refractivity contribution in [3.8, 4) is 0 Å². The summed E-state index contributed by atoms with van der Waals surface area (Å²) < 4.78 is 4.46. The Hall–Kier alpha value is -1.30. The van der Waals surface area contributed by atoms with E-state index in [1.807, 2.05) is 6.92 Å². The standard InChI is InChI=1S/C10H17ClN2O4/c1-3-6-13(7-9(15)17-2)10(16)12-8(14)4-5-11/h3-7H2,1-2H3,(H,12,14,16). The topological polar surface area (TPSA) is 75.7 Å². The molecular formula is C10H17ClN2O4. The Morgan fingerprint density at radius 2 is 2.00 bits per heavy atom. The maximum atomic E-state index is 11.6. The minimum atomic E-state index is -0.604. The highest BCUT2D eigenvalue weighted by Gasteiger charge is 2.18. The second-order valence-corrected chi connectivity index (χ2v) is 3.67. The van der Waals surface area contributed by atoms with Crippen molar-refractivity contribution in [2.75, 3.05) is 26.1 Å². The van der Waals surface area contributed by atoms with Crippen LogP contribution < -0.4 is 5.32 Å². The molecule has 0 heterocycles. The molecule has 3 amide bonds. The highest BCUT2D eigenvalue weighted by Crippen LogP contribution is 1.95. The Labute approximate surface area is 105 Å². The Bertz CT molecular complexity index is 283. The molecule has 0 saturated carbocycles. The molecule has 0 unspecified atom stereocenters. The molecule has 0 rings (SSSR count). The summed E-state index contributed by atoms with van der Waals surface area (Å²) in [6.07, 6.45) is 0.736. The van der Waals surface area contributed by atoms with Crippen LogP contribution in [0.2, 0.25) is 0 Å². The van der Waals surface area contributed by atoms with Gasteiger partial charge in [-0.2, -0.15) is 0 Å². The van der Waals surface area contributed by atoms with Gasteiger partial charge in [-0.05, 0) is 6.42 Å². The lowest BCUT2D eigenvalue weighted by Crippen LogP contribution is -2.45. The van der Waals surface area contributed by atoms with Crippen LogP contribution in [0.25, 0.3) is 0 Å². The van der Waals surface area contributed by atoms with Gasteiger partial charge in [-0.15, -0.1) is 11.6 Å². The van der Waals surface area contributed by atoms with Gasteiger partial charge in [0.1, 0.15) is 6.54 Å². The number of hydrogen-bond donors (Lipinski definition) is 1. The molecule has 0 aromatic carbocycles. The van der Waals surface area contributed by atoms with E-state index in [9.17, 15) is 14.4 Å². The van der Waals surface area contributed by atoms with Gasteiger partial charge in [0.25, 0.3) is 0 Å². The number of carbonyl (C=O) groups excluding carboxylic acids is 3. The van der Waals surface area contributed by atoms with Gasteiger partial charge in [0.15, 0.2) is 0 Å². The molecular weight excluding hydrogens is 248 g/mol. The van der Waals surface area contributed by atoms with E-state index < -0.39 is 17.9 Å². The second kappa shape index (κ2) is 8.81. The smallest absolute Gasteiger partial charge is 0.325 e. The number of methoxy groups -OCH3 is 1. The SMILES string of the molecule is CCCN(CC(=O)OC)C(=O)NC(=O)CCCl. The Morgan fingerprint density at radius 1 is 1.35 bits per heavy atom. The van der Waals surface area contributed by atoms with Crippen molar-refractivity contribution in [1.82, 2.24) is 10.2 Å². The molecule has 0 spiro atoms. The number of nitrogens with one attached hydrogen (secondary N) is 1. The maximum absolute atomic E-state index is 11.6. The third-order valence-corrected chi connectivity index (χ3v) is 2.09. The largest absolute Gasteiger partial charge is 0.468 e. The lowest BCUT2D eigenvalue weighted by Gasteiger charge is -2.20. The van der Waals surface area contributed by atoms with E-state index in [1.54, 1.807) is 0 Å². The van der Waals surface area contributed by atoms with E-state index in [-0.39, 0.29) is 18.8 Å². The maximum Gasteiger partial charge on any atom is 0.325 e. The van der Waals surface area contributed by atoms with Crippen LogP contribution in [0.1, 0.15) is 19.8 Å². The number of imide groups is 1. The first-order valence-electron chi connectivity index (χ1n) is 5.26. The van der Waals surface area contributed by atoms with Crippen LogP contribution in [0.5, 0.6) is 0 Å². The zero-order valence-corrected chi connectivity index (χ0v) is 10.7. The summed E-state index contributed by atoms with van der Waals surface area (Å²) in [5, 5.41) is 2.15. The van der Waals surface area contributed by atoms with Crippen molar-refractivity contribution >= 4 is 29.5 Å². The molecule has 0 saturated heterocycles. The zero-order valence-electron chi connectivity index (χ0n) is 9.99. The third-order valence-electron chi connectivity index (χ3n) is 1.90. The molecule has 0 aliphatic heterocycles. The predicted molar refractivity (Wildman–Crippen MR) is 62.8 cm³/mol. The summed E-state index contributed by atoms with van der Waals surface area (Å²) in [7, 11) is 1.24. The summed E-state index contributed by atoms with van der Waals surface area (Å²) in [6, 6.07) is -0.604. The highest BCUT2D eigenvalue weighted by molar-refractivity contribution is 6.19. The molecule has 98 valence electrons. The van der Waals surface area contributed by atoms with Crippen LogP contribution in [0.3, 0.4) is 0 Å². The van der Waals surface area contributed by atoms with Gasteiger partial charge in [-0.1, -0.05) is 6.92 Å². The van der Waals surface area contributed by atoms with Crippen molar-refractivity contribution in [2.24, 2.45) is 0 Å². The molecule has 17 heavy (non-hydrogen) atoms. The van der Waals surface area contributed by atoms with Crippen molar-refractivity contribution in [3.63, 3.8) is 0 Å². The quantitative estimate of drug-likeness (QED) is 0.567. The summed E-state index contributed by atoms with van der Waals surface area (Å²) in [5.41, 5.74) is 0. The Balaban J connectivity index is 4.32. The molecule has 0 bridgehead atoms. The second-order valence-electron chi connectivity index (χ2n) is 3.29. The molecule has 7 heteroatoms. The number of amides is 3. The van der Waals surface area contributed by atoms with E-state index in [1.165, 1.54) is 12.0 Å². The number of hydrogen-bond acceptors (Lipinski definition) is 4. The fourth-order valence-electron chi connectivity index (χ4n) is 1.09. The average Bonchev–Trinajstić information content (AvgIpc) is 2.28. The zero-order chi connectivity index (χ0) is 13.3. The number of halogens is 1. The molecule has 1 N–H and O–H groups in total. The van der Waals surface area contributed by atoms with Crippen LogP contribution >= 0.6 is 11.6 Å². The van der Waals surface area contributed by atoms with E-state index in [4.69, 9.17) is 11.6 Å². The molecule has 0 aromatic rings. The lowest BCUT2D eigenvalue weighted by atomic mass is 10.4. The number of ether oxygens (including phenoxy) is 1. The molecule has 0 aromatic heterocycles. The summed E-state index contributed by atoms with van der Waals surface area (Å²) >= 11 is 5.37. The summed E-state index contributed by atoms with van der Waals surface area (Å²) in [4.78, 5) is 35.1. The molecule has 0 atom stereocenters. The first kappa shape index (κ1) is 15.7. The van der Waals surface area contributed by atoms with Crippen molar-refractivity contribution in [1.29, 1.82) is 0 Å². The average molecular weight is 265 g/mol. The van der Waals surface area contributed by atoms with E-state index in [2.05, 4.69) is 10.1 Å². The molecule has 0 radical (unpaired) electrons. The van der Waals surface area contributed by atoms with Crippen LogP contribution in [-0.2, 0) is 14.3 Å². The van der Waals surface area contributed by atoms with E-state index in [0.717, 1.165) is 0 Å².